The maximum Gasteiger partial charge on any atom is 0.167 e. The van der Waals surface area contributed by atoms with Gasteiger partial charge in [-0.25, -0.2) is 15.0 Å². The van der Waals surface area contributed by atoms with Crippen LogP contribution >= 0.6 is 0 Å². The molecule has 11 rings (SSSR count). The molecule has 0 spiro atoms. The smallest absolute Gasteiger partial charge is 0.167 e. The third-order valence-corrected chi connectivity index (χ3v) is 9.91. The summed E-state index contributed by atoms with van der Waals surface area (Å²) in [5.74, 6) is 1.70. The molecule has 0 radical (unpaired) electrons. The Morgan fingerprint density at radius 1 is 0.320 bits per heavy atom. The Morgan fingerprint density at radius 2 is 0.880 bits per heavy atom. The summed E-state index contributed by atoms with van der Waals surface area (Å²) in [5.41, 5.74) is 5.81. The minimum Gasteiger partial charge on any atom is -0.456 e. The molecule has 0 N–H and O–H groups in total. The van der Waals surface area contributed by atoms with Gasteiger partial charge in [-0.2, -0.15) is 0 Å². The molecule has 3 heterocycles. The van der Waals surface area contributed by atoms with Gasteiger partial charge in [0.1, 0.15) is 22.3 Å². The highest BCUT2D eigenvalue weighted by atomic mass is 16.3. The lowest BCUT2D eigenvalue weighted by molar-refractivity contribution is 0.668. The van der Waals surface area contributed by atoms with E-state index in [-0.39, 0.29) is 0 Å². The van der Waals surface area contributed by atoms with Gasteiger partial charge in [0.15, 0.2) is 17.5 Å². The number of hydrogen-bond donors (Lipinski definition) is 0. The van der Waals surface area contributed by atoms with Crippen molar-refractivity contribution in [1.82, 2.24) is 15.0 Å². The van der Waals surface area contributed by atoms with E-state index in [1.165, 1.54) is 16.2 Å². The summed E-state index contributed by atoms with van der Waals surface area (Å²) in [4.78, 5) is 15.8. The van der Waals surface area contributed by atoms with Crippen LogP contribution in [0.15, 0.2) is 160 Å². The van der Waals surface area contributed by atoms with Gasteiger partial charge in [-0.1, -0.05) is 121 Å². The van der Waals surface area contributed by atoms with Crippen LogP contribution in [0.3, 0.4) is 0 Å². The molecule has 0 amide bonds. The van der Waals surface area contributed by atoms with E-state index in [0.717, 1.165) is 76.7 Å². The fourth-order valence-electron chi connectivity index (χ4n) is 7.69. The molecule has 0 aliphatic heterocycles. The lowest BCUT2D eigenvalue weighted by Crippen LogP contribution is -2.01. The summed E-state index contributed by atoms with van der Waals surface area (Å²) in [7, 11) is 0. The summed E-state index contributed by atoms with van der Waals surface area (Å²) in [6.45, 7) is 0. The highest BCUT2D eigenvalue weighted by Gasteiger charge is 2.21. The van der Waals surface area contributed by atoms with E-state index in [1.807, 2.05) is 60.7 Å². The molecule has 5 nitrogen and oxygen atoms in total. The Hall–Kier alpha value is -6.85. The first-order chi connectivity index (χ1) is 24.8. The van der Waals surface area contributed by atoms with Gasteiger partial charge in [-0.05, 0) is 62.6 Å². The number of hydrogen-bond acceptors (Lipinski definition) is 5. The van der Waals surface area contributed by atoms with Crippen molar-refractivity contribution in [2.24, 2.45) is 0 Å². The average molecular weight is 640 g/mol. The largest absolute Gasteiger partial charge is 0.456 e. The Balaban J connectivity index is 1.25. The predicted octanol–water partition coefficient (Wildman–Crippen LogP) is 12.1. The number of nitrogens with zero attached hydrogens (tertiary/aromatic N) is 3. The van der Waals surface area contributed by atoms with Crippen molar-refractivity contribution < 1.29 is 8.83 Å². The molecule has 3 aromatic heterocycles. The second kappa shape index (κ2) is 10.3. The van der Waals surface area contributed by atoms with E-state index in [2.05, 4.69) is 91.0 Å². The highest BCUT2D eigenvalue weighted by Crippen LogP contribution is 2.41. The molecule has 5 heteroatoms. The third-order valence-electron chi connectivity index (χ3n) is 9.91. The van der Waals surface area contributed by atoms with Gasteiger partial charge in [0, 0.05) is 32.7 Å². The molecule has 0 unspecified atom stereocenters. The molecular weight excluding hydrogens is 615 g/mol. The number of rotatable bonds is 3. The fourth-order valence-corrected chi connectivity index (χ4v) is 7.69. The zero-order valence-electron chi connectivity index (χ0n) is 26.6. The minimum atomic E-state index is 0.544. The first kappa shape index (κ1) is 27.1. The topological polar surface area (TPSA) is 65.0 Å². The summed E-state index contributed by atoms with van der Waals surface area (Å²) in [6, 6.07) is 52.2. The van der Waals surface area contributed by atoms with Crippen LogP contribution < -0.4 is 0 Å². The van der Waals surface area contributed by atoms with E-state index in [1.54, 1.807) is 0 Å². The zero-order chi connectivity index (χ0) is 32.8. The van der Waals surface area contributed by atoms with Crippen molar-refractivity contribution >= 4 is 76.2 Å². The molecule has 0 bridgehead atoms. The molecule has 232 valence electrons. The molecule has 0 atom stereocenters. The quantitative estimate of drug-likeness (QED) is 0.180. The average Bonchev–Trinajstić information content (AvgIpc) is 3.76. The zero-order valence-corrected chi connectivity index (χ0v) is 26.6. The first-order valence-electron chi connectivity index (χ1n) is 16.7. The molecule has 50 heavy (non-hydrogen) atoms. The molecule has 0 saturated carbocycles. The van der Waals surface area contributed by atoms with E-state index in [0.29, 0.717) is 17.5 Å². The standard InChI is InChI=1S/C45H25N3O2/c1-2-12-28-26(11-1)23-24-27-25-36(29-13-3-4-15-31(29)40(27)28)45-47-43(34-18-10-22-39-41(34)33-16-6-8-21-38(33)49-39)46-44(48-45)35-19-9-17-32-30-14-5-7-20-37(30)50-42(32)35/h1-25H. The Kier molecular flexibility index (Phi) is 5.60. The summed E-state index contributed by atoms with van der Waals surface area (Å²) < 4.78 is 12.8. The van der Waals surface area contributed by atoms with Crippen molar-refractivity contribution in [3.8, 4) is 34.2 Å². The molecule has 8 aromatic carbocycles. The van der Waals surface area contributed by atoms with Gasteiger partial charge in [-0.15, -0.1) is 0 Å². The maximum absolute atomic E-state index is 6.50. The van der Waals surface area contributed by atoms with Crippen LogP contribution in [-0.2, 0) is 0 Å². The van der Waals surface area contributed by atoms with E-state index in [4.69, 9.17) is 23.8 Å². The van der Waals surface area contributed by atoms with Gasteiger partial charge in [-0.3, -0.25) is 0 Å². The Bertz CT molecular complexity index is 3170. The van der Waals surface area contributed by atoms with Gasteiger partial charge in [0.25, 0.3) is 0 Å². The van der Waals surface area contributed by atoms with Gasteiger partial charge < -0.3 is 8.83 Å². The molecule has 11 aromatic rings. The molecule has 0 saturated heterocycles. The van der Waals surface area contributed by atoms with Crippen molar-refractivity contribution in [3.63, 3.8) is 0 Å². The van der Waals surface area contributed by atoms with Crippen LogP contribution in [0.1, 0.15) is 0 Å². The van der Waals surface area contributed by atoms with Crippen LogP contribution in [0, 0.1) is 0 Å². The fraction of sp³-hybridized carbons (Fsp3) is 0. The van der Waals surface area contributed by atoms with Crippen LogP contribution in [0.5, 0.6) is 0 Å². The summed E-state index contributed by atoms with van der Waals surface area (Å²) in [5, 5.41) is 11.1. The lowest BCUT2D eigenvalue weighted by Gasteiger charge is -2.14. The summed E-state index contributed by atoms with van der Waals surface area (Å²) in [6.07, 6.45) is 0. The van der Waals surface area contributed by atoms with Crippen LogP contribution in [0.4, 0.5) is 0 Å². The molecular formula is C45H25N3O2. The highest BCUT2D eigenvalue weighted by molar-refractivity contribution is 6.23. The van der Waals surface area contributed by atoms with Gasteiger partial charge >= 0.3 is 0 Å². The Morgan fingerprint density at radius 3 is 1.72 bits per heavy atom. The van der Waals surface area contributed by atoms with Crippen molar-refractivity contribution in [2.45, 2.75) is 0 Å². The number of fused-ring (bicyclic) bond motifs is 11. The second-order valence-electron chi connectivity index (χ2n) is 12.7. The van der Waals surface area contributed by atoms with Crippen LogP contribution in [-0.4, -0.2) is 15.0 Å². The Labute approximate surface area is 285 Å². The summed E-state index contributed by atoms with van der Waals surface area (Å²) >= 11 is 0. The first-order valence-corrected chi connectivity index (χ1v) is 16.7. The normalized spacial score (nSPS) is 12.0. The van der Waals surface area contributed by atoms with Gasteiger partial charge in [0.05, 0.1) is 5.56 Å². The lowest BCUT2D eigenvalue weighted by atomic mass is 9.93. The SMILES string of the molecule is c1ccc2c(c1)ccc1cc(-c3nc(-c4cccc5c4oc4ccccc45)nc(-c4cccc5oc6ccccc6c45)n3)c3ccccc3c12. The minimum absolute atomic E-state index is 0.544. The number of aromatic nitrogens is 3. The molecule has 0 fully saturated rings. The van der Waals surface area contributed by atoms with Crippen LogP contribution in [0.25, 0.3) is 110 Å². The van der Waals surface area contributed by atoms with E-state index in [9.17, 15) is 0 Å². The monoisotopic (exact) mass is 639 g/mol. The van der Waals surface area contributed by atoms with Crippen molar-refractivity contribution in [2.75, 3.05) is 0 Å². The second-order valence-corrected chi connectivity index (χ2v) is 12.7. The van der Waals surface area contributed by atoms with E-state index < -0.39 is 0 Å². The number of benzene rings is 8. The number of para-hydroxylation sites is 3. The maximum atomic E-state index is 6.50. The number of furan rings is 2. The predicted molar refractivity (Wildman–Crippen MR) is 203 cm³/mol. The van der Waals surface area contributed by atoms with Crippen molar-refractivity contribution in [3.05, 3.63) is 152 Å². The van der Waals surface area contributed by atoms with Crippen molar-refractivity contribution in [1.29, 1.82) is 0 Å². The molecule has 0 aliphatic rings. The van der Waals surface area contributed by atoms with Gasteiger partial charge in [0.2, 0.25) is 0 Å². The van der Waals surface area contributed by atoms with Crippen LogP contribution in [0.2, 0.25) is 0 Å². The molecule has 0 aliphatic carbocycles. The third kappa shape index (κ3) is 3.92. The van der Waals surface area contributed by atoms with E-state index >= 15 is 0 Å².